The molecule has 1 aromatic rings. The van der Waals surface area contributed by atoms with Crippen molar-refractivity contribution in [3.05, 3.63) is 35.9 Å². The number of ether oxygens (including phenoxy) is 4. The van der Waals surface area contributed by atoms with Crippen molar-refractivity contribution in [3.63, 3.8) is 0 Å². The number of rotatable bonds is 13. The van der Waals surface area contributed by atoms with E-state index in [9.17, 15) is 24.0 Å². The average Bonchev–Trinajstić information content (AvgIpc) is 2.98. The fraction of sp³-hybridized carbons (Fsp3) is 0.711. The number of carbonyl (C=O) groups excluding carboxylic acids is 5. The molecule has 1 heterocycles. The van der Waals surface area contributed by atoms with Gasteiger partial charge in [-0.25, -0.2) is 4.79 Å². The normalized spacial score (nSPS) is 18.6. The van der Waals surface area contributed by atoms with Gasteiger partial charge in [-0.1, -0.05) is 30.3 Å². The van der Waals surface area contributed by atoms with Gasteiger partial charge in [-0.15, -0.1) is 0 Å². The molecule has 1 atom stereocenters. The lowest BCUT2D eigenvalue weighted by Gasteiger charge is -2.40. The van der Waals surface area contributed by atoms with Crippen molar-refractivity contribution >= 4 is 29.8 Å². The number of hydrogen-bond acceptors (Lipinski definition) is 12. The average molecular weight is 735 g/mol. The third kappa shape index (κ3) is 20.4. The molecule has 1 fully saturated rings. The fourth-order valence-corrected chi connectivity index (χ4v) is 5.57. The van der Waals surface area contributed by atoms with Crippen molar-refractivity contribution in [1.82, 2.24) is 20.4 Å². The second kappa shape index (κ2) is 20.6. The Morgan fingerprint density at radius 2 is 1.21 bits per heavy atom. The second-order valence-electron chi connectivity index (χ2n) is 16.4. The number of esters is 4. The minimum atomic E-state index is -0.728. The Morgan fingerprint density at radius 3 is 1.77 bits per heavy atom. The highest BCUT2D eigenvalue weighted by Gasteiger charge is 2.36. The van der Waals surface area contributed by atoms with Crippen LogP contribution in [0, 0.1) is 0 Å². The molecule has 0 bridgehead atoms. The zero-order valence-electron chi connectivity index (χ0n) is 33.0. The van der Waals surface area contributed by atoms with Crippen molar-refractivity contribution in [3.8, 4) is 0 Å². The summed E-state index contributed by atoms with van der Waals surface area (Å²) >= 11 is 0. The molecule has 14 nitrogen and oxygen atoms in total. The summed E-state index contributed by atoms with van der Waals surface area (Å²) in [5.41, 5.74) is -1.15. The van der Waals surface area contributed by atoms with Crippen LogP contribution in [0.1, 0.15) is 74.3 Å². The smallest absolute Gasteiger partial charge is 0.362 e. The summed E-state index contributed by atoms with van der Waals surface area (Å²) < 4.78 is 22.3. The monoisotopic (exact) mass is 734 g/mol. The Kier molecular flexibility index (Phi) is 17.7. The van der Waals surface area contributed by atoms with Crippen molar-refractivity contribution in [2.75, 3.05) is 85.1 Å². The summed E-state index contributed by atoms with van der Waals surface area (Å²) in [7, 11) is 0. The summed E-state index contributed by atoms with van der Waals surface area (Å²) in [4.78, 5) is 68.9. The SMILES string of the molecule is CC(C)(C)OC(=O)CN1CCNCC[N+](CC(=O)NCCC(=O)OCc2ccccc2)(CC(=O)OC(C)(C)C)CCN(CC(=O)OC(C)(C)C)CC1. The maximum atomic E-state index is 13.5. The van der Waals surface area contributed by atoms with Gasteiger partial charge in [0.1, 0.15) is 23.4 Å². The Bertz CT molecular complexity index is 1300. The molecule has 1 saturated heterocycles. The van der Waals surface area contributed by atoms with Gasteiger partial charge in [0.05, 0.1) is 32.6 Å². The highest BCUT2D eigenvalue weighted by molar-refractivity contribution is 5.79. The predicted molar refractivity (Wildman–Crippen MR) is 197 cm³/mol. The maximum Gasteiger partial charge on any atom is 0.362 e. The first-order valence-electron chi connectivity index (χ1n) is 18.2. The minimum absolute atomic E-state index is 0.00431. The molecular formula is C38H64N5O9+. The summed E-state index contributed by atoms with van der Waals surface area (Å²) in [6.07, 6.45) is -0.00431. The van der Waals surface area contributed by atoms with Crippen LogP contribution in [0.15, 0.2) is 30.3 Å². The lowest BCUT2D eigenvalue weighted by molar-refractivity contribution is -0.912. The van der Waals surface area contributed by atoms with E-state index in [4.69, 9.17) is 18.9 Å². The van der Waals surface area contributed by atoms with E-state index in [1.807, 2.05) is 60.9 Å². The zero-order valence-corrected chi connectivity index (χ0v) is 33.0. The Balaban J connectivity index is 2.24. The van der Waals surface area contributed by atoms with Gasteiger partial charge in [0.15, 0.2) is 13.1 Å². The Hall–Kier alpha value is -3.59. The fourth-order valence-electron chi connectivity index (χ4n) is 5.57. The van der Waals surface area contributed by atoms with E-state index >= 15 is 0 Å². The minimum Gasteiger partial charge on any atom is -0.461 e. The molecule has 14 heteroatoms. The summed E-state index contributed by atoms with van der Waals surface area (Å²) in [6, 6.07) is 9.34. The van der Waals surface area contributed by atoms with Crippen molar-refractivity contribution in [2.24, 2.45) is 0 Å². The largest absolute Gasteiger partial charge is 0.461 e. The standard InChI is InChI=1S/C38H63N5O9/c1-36(2,3)50-33(46)25-41-19-17-39-18-23-43(28-35(48)52-38(7,8)9,24-22-42(21-20-41)26-34(47)51-37(4,5)6)27-31(44)40-16-15-32(45)49-29-30-13-11-10-12-14-30/h10-14,39H,15-29H2,1-9H3/p+1. The number of benzene rings is 1. The molecule has 2 N–H and O–H groups in total. The predicted octanol–water partition coefficient (Wildman–Crippen LogP) is 2.29. The van der Waals surface area contributed by atoms with Gasteiger partial charge in [-0.3, -0.25) is 29.0 Å². The molecule has 1 aliphatic rings. The highest BCUT2D eigenvalue weighted by Crippen LogP contribution is 2.15. The summed E-state index contributed by atoms with van der Waals surface area (Å²) in [6.45, 7) is 20.0. The van der Waals surface area contributed by atoms with Crippen LogP contribution in [-0.4, -0.2) is 146 Å². The number of nitrogens with one attached hydrogen (secondary N) is 2. The molecule has 1 amide bonds. The number of carbonyl (C=O) groups is 5. The first-order chi connectivity index (χ1) is 24.1. The lowest BCUT2D eigenvalue weighted by atomic mass is 10.2. The van der Waals surface area contributed by atoms with Crippen LogP contribution in [0.2, 0.25) is 0 Å². The highest BCUT2D eigenvalue weighted by atomic mass is 16.6. The van der Waals surface area contributed by atoms with E-state index in [0.29, 0.717) is 52.4 Å². The third-order valence-corrected chi connectivity index (χ3v) is 7.79. The van der Waals surface area contributed by atoms with Gasteiger partial charge >= 0.3 is 23.9 Å². The molecule has 0 saturated carbocycles. The summed E-state index contributed by atoms with van der Waals surface area (Å²) in [5, 5.41) is 6.25. The molecule has 0 radical (unpaired) electrons. The van der Waals surface area contributed by atoms with Crippen molar-refractivity contribution < 1.29 is 47.4 Å². The van der Waals surface area contributed by atoms with E-state index < -0.39 is 34.7 Å². The molecule has 1 aliphatic heterocycles. The molecule has 1 unspecified atom stereocenters. The number of nitrogens with zero attached hydrogens (tertiary/aromatic N) is 3. The van der Waals surface area contributed by atoms with E-state index in [0.717, 1.165) is 5.56 Å². The van der Waals surface area contributed by atoms with Gasteiger partial charge < -0.3 is 34.1 Å². The van der Waals surface area contributed by atoms with Crippen LogP contribution in [0.3, 0.4) is 0 Å². The maximum absolute atomic E-state index is 13.5. The van der Waals surface area contributed by atoms with Crippen LogP contribution < -0.4 is 10.6 Å². The summed E-state index contributed by atoms with van der Waals surface area (Å²) in [5.74, 6) is -1.94. The quantitative estimate of drug-likeness (QED) is 0.174. The van der Waals surface area contributed by atoms with E-state index in [1.165, 1.54) is 0 Å². The van der Waals surface area contributed by atoms with E-state index in [2.05, 4.69) is 10.6 Å². The van der Waals surface area contributed by atoms with Gasteiger partial charge in [-0.05, 0) is 67.9 Å². The number of quaternary nitrogens is 1. The zero-order chi connectivity index (χ0) is 39.0. The molecule has 52 heavy (non-hydrogen) atoms. The van der Waals surface area contributed by atoms with Crippen LogP contribution in [0.5, 0.6) is 0 Å². The van der Waals surface area contributed by atoms with E-state index in [-0.39, 0.29) is 62.1 Å². The van der Waals surface area contributed by atoms with Gasteiger partial charge in [0.25, 0.3) is 5.91 Å². The number of hydrogen-bond donors (Lipinski definition) is 2. The van der Waals surface area contributed by atoms with Gasteiger partial charge in [0.2, 0.25) is 0 Å². The van der Waals surface area contributed by atoms with Crippen LogP contribution in [-0.2, 0) is 49.5 Å². The number of amides is 1. The molecule has 1 aromatic carbocycles. The second-order valence-corrected chi connectivity index (χ2v) is 16.4. The van der Waals surface area contributed by atoms with Gasteiger partial charge in [0, 0.05) is 45.8 Å². The lowest BCUT2D eigenvalue weighted by Crippen LogP contribution is -2.61. The topological polar surface area (TPSA) is 153 Å². The van der Waals surface area contributed by atoms with Crippen LogP contribution >= 0.6 is 0 Å². The van der Waals surface area contributed by atoms with E-state index in [1.54, 1.807) is 41.5 Å². The Labute approximate surface area is 310 Å². The molecule has 2 rings (SSSR count). The Morgan fingerprint density at radius 1 is 0.673 bits per heavy atom. The molecule has 0 aliphatic carbocycles. The molecule has 0 spiro atoms. The third-order valence-electron chi connectivity index (χ3n) is 7.79. The molecular weight excluding hydrogens is 670 g/mol. The van der Waals surface area contributed by atoms with Gasteiger partial charge in [-0.2, -0.15) is 0 Å². The van der Waals surface area contributed by atoms with Crippen LogP contribution in [0.4, 0.5) is 0 Å². The van der Waals surface area contributed by atoms with Crippen molar-refractivity contribution in [2.45, 2.75) is 92.1 Å². The first-order valence-corrected chi connectivity index (χ1v) is 18.2. The molecule has 294 valence electrons. The first kappa shape index (κ1) is 44.6. The molecule has 0 aromatic heterocycles. The van der Waals surface area contributed by atoms with Crippen molar-refractivity contribution in [1.29, 1.82) is 0 Å². The van der Waals surface area contributed by atoms with Crippen LogP contribution in [0.25, 0.3) is 0 Å².